The molecule has 0 N–H and O–H groups in total. The summed E-state index contributed by atoms with van der Waals surface area (Å²) >= 11 is 7.55. The quantitative estimate of drug-likeness (QED) is 0.660. The lowest BCUT2D eigenvalue weighted by Crippen LogP contribution is -1.73. The Balaban J connectivity index is 2.73. The van der Waals surface area contributed by atoms with Crippen molar-refractivity contribution in [2.45, 2.75) is 4.90 Å². The van der Waals surface area contributed by atoms with E-state index < -0.39 is 0 Å². The molecular formula is C8H6ClNOS. The van der Waals surface area contributed by atoms with Gasteiger partial charge in [-0.05, 0) is 18.4 Å². The molecular weight excluding hydrogens is 194 g/mol. The van der Waals surface area contributed by atoms with E-state index in [0.717, 1.165) is 21.0 Å². The third-order valence-corrected chi connectivity index (χ3v) is 2.81. The van der Waals surface area contributed by atoms with Crippen molar-refractivity contribution in [2.24, 2.45) is 0 Å². The number of hydrogen-bond donors (Lipinski definition) is 0. The molecule has 0 aliphatic carbocycles. The van der Waals surface area contributed by atoms with Crippen LogP contribution in [-0.2, 0) is 0 Å². The summed E-state index contributed by atoms with van der Waals surface area (Å²) in [6.45, 7) is 0. The maximum atomic E-state index is 5.96. The lowest BCUT2D eigenvalue weighted by atomic mass is 10.3. The molecule has 2 nitrogen and oxygen atoms in total. The van der Waals surface area contributed by atoms with Crippen molar-refractivity contribution in [2.75, 3.05) is 6.26 Å². The van der Waals surface area contributed by atoms with E-state index in [0.29, 0.717) is 0 Å². The van der Waals surface area contributed by atoms with Gasteiger partial charge in [0.25, 0.3) is 0 Å². The molecule has 1 heterocycles. The van der Waals surface area contributed by atoms with Crippen LogP contribution in [0.5, 0.6) is 0 Å². The van der Waals surface area contributed by atoms with Crippen LogP contribution in [0.25, 0.3) is 11.1 Å². The maximum absolute atomic E-state index is 5.96. The zero-order valence-electron chi connectivity index (χ0n) is 6.37. The van der Waals surface area contributed by atoms with Crippen LogP contribution in [0.2, 0.25) is 5.02 Å². The third kappa shape index (κ3) is 1.19. The summed E-state index contributed by atoms with van der Waals surface area (Å²) in [6, 6.07) is 3.71. The Bertz CT molecular complexity index is 412. The first-order valence-electron chi connectivity index (χ1n) is 3.38. The van der Waals surface area contributed by atoms with Gasteiger partial charge in [-0.3, -0.25) is 0 Å². The van der Waals surface area contributed by atoms with Gasteiger partial charge in [-0.1, -0.05) is 11.6 Å². The Labute approximate surface area is 78.9 Å². The van der Waals surface area contributed by atoms with Gasteiger partial charge < -0.3 is 4.42 Å². The molecule has 0 saturated carbocycles. The molecule has 0 fully saturated rings. The van der Waals surface area contributed by atoms with Crippen LogP contribution >= 0.6 is 23.4 Å². The Morgan fingerprint density at radius 3 is 3.08 bits per heavy atom. The van der Waals surface area contributed by atoms with E-state index in [4.69, 9.17) is 16.0 Å². The minimum Gasteiger partial charge on any atom is -0.443 e. The lowest BCUT2D eigenvalue weighted by Gasteiger charge is -1.97. The minimum absolute atomic E-state index is 0.726. The smallest absolute Gasteiger partial charge is 0.181 e. The molecule has 0 saturated heterocycles. The molecule has 0 amide bonds. The Morgan fingerprint density at radius 1 is 1.50 bits per heavy atom. The highest BCUT2D eigenvalue weighted by atomic mass is 35.5. The number of oxazole rings is 1. The topological polar surface area (TPSA) is 26.0 Å². The van der Waals surface area contributed by atoms with Crippen molar-refractivity contribution in [3.63, 3.8) is 0 Å². The Kier molecular flexibility index (Phi) is 1.98. The van der Waals surface area contributed by atoms with E-state index >= 15 is 0 Å². The molecule has 0 bridgehead atoms. The SMILES string of the molecule is CSc1cc2ocnc2cc1Cl. The van der Waals surface area contributed by atoms with E-state index in [1.54, 1.807) is 11.8 Å². The van der Waals surface area contributed by atoms with E-state index in [9.17, 15) is 0 Å². The van der Waals surface area contributed by atoms with Gasteiger partial charge in [-0.15, -0.1) is 11.8 Å². The zero-order chi connectivity index (χ0) is 8.55. The van der Waals surface area contributed by atoms with Crippen molar-refractivity contribution in [3.8, 4) is 0 Å². The van der Waals surface area contributed by atoms with Gasteiger partial charge in [-0.2, -0.15) is 0 Å². The normalized spacial score (nSPS) is 10.8. The predicted octanol–water partition coefficient (Wildman–Crippen LogP) is 3.20. The molecule has 0 radical (unpaired) electrons. The monoisotopic (exact) mass is 199 g/mol. The summed E-state index contributed by atoms with van der Waals surface area (Å²) in [7, 11) is 0. The number of rotatable bonds is 1. The molecule has 62 valence electrons. The maximum Gasteiger partial charge on any atom is 0.181 e. The standard InChI is InChI=1S/C8H6ClNOS/c1-12-8-3-7-6(2-5(8)9)10-4-11-7/h2-4H,1H3. The van der Waals surface area contributed by atoms with Crippen LogP contribution < -0.4 is 0 Å². The minimum atomic E-state index is 0.726. The third-order valence-electron chi connectivity index (χ3n) is 1.60. The van der Waals surface area contributed by atoms with Gasteiger partial charge in [0.1, 0.15) is 5.52 Å². The molecule has 2 aromatic rings. The van der Waals surface area contributed by atoms with Gasteiger partial charge in [-0.25, -0.2) is 4.98 Å². The van der Waals surface area contributed by atoms with Crippen molar-refractivity contribution in [1.82, 2.24) is 4.98 Å². The van der Waals surface area contributed by atoms with Crippen molar-refractivity contribution in [3.05, 3.63) is 23.5 Å². The van der Waals surface area contributed by atoms with Crippen LogP contribution in [0, 0.1) is 0 Å². The van der Waals surface area contributed by atoms with Gasteiger partial charge in [0.05, 0.1) is 5.02 Å². The molecule has 1 aromatic carbocycles. The van der Waals surface area contributed by atoms with Crippen LogP contribution in [0.4, 0.5) is 0 Å². The number of thioether (sulfide) groups is 1. The zero-order valence-corrected chi connectivity index (χ0v) is 7.95. The van der Waals surface area contributed by atoms with Crippen LogP contribution in [0.1, 0.15) is 0 Å². The fourth-order valence-electron chi connectivity index (χ4n) is 1.02. The van der Waals surface area contributed by atoms with Crippen LogP contribution in [0.3, 0.4) is 0 Å². The highest BCUT2D eigenvalue weighted by Gasteiger charge is 2.04. The molecule has 0 atom stereocenters. The average molecular weight is 200 g/mol. The Morgan fingerprint density at radius 2 is 2.33 bits per heavy atom. The van der Waals surface area contributed by atoms with Crippen molar-refractivity contribution >= 4 is 34.5 Å². The molecule has 12 heavy (non-hydrogen) atoms. The molecule has 0 unspecified atom stereocenters. The second kappa shape index (κ2) is 2.99. The average Bonchev–Trinajstić information content (AvgIpc) is 2.49. The summed E-state index contributed by atoms with van der Waals surface area (Å²) < 4.78 is 5.13. The van der Waals surface area contributed by atoms with Crippen molar-refractivity contribution < 1.29 is 4.42 Å². The number of nitrogens with zero attached hydrogens (tertiary/aromatic N) is 1. The number of fused-ring (bicyclic) bond motifs is 1. The summed E-state index contributed by atoms with van der Waals surface area (Å²) in [5, 5.41) is 0.726. The predicted molar refractivity (Wildman–Crippen MR) is 50.8 cm³/mol. The largest absolute Gasteiger partial charge is 0.443 e. The van der Waals surface area contributed by atoms with E-state index in [2.05, 4.69) is 4.98 Å². The van der Waals surface area contributed by atoms with Gasteiger partial charge >= 0.3 is 0 Å². The fraction of sp³-hybridized carbons (Fsp3) is 0.125. The van der Waals surface area contributed by atoms with Crippen molar-refractivity contribution in [1.29, 1.82) is 0 Å². The molecule has 1 aromatic heterocycles. The highest BCUT2D eigenvalue weighted by Crippen LogP contribution is 2.29. The van der Waals surface area contributed by atoms with Gasteiger partial charge in [0.15, 0.2) is 12.0 Å². The summed E-state index contributed by atoms with van der Waals surface area (Å²) in [5.74, 6) is 0. The summed E-state index contributed by atoms with van der Waals surface area (Å²) in [4.78, 5) is 5.01. The number of halogens is 1. The van der Waals surface area contributed by atoms with Gasteiger partial charge in [0, 0.05) is 4.90 Å². The van der Waals surface area contributed by atoms with E-state index in [1.807, 2.05) is 18.4 Å². The summed E-state index contributed by atoms with van der Waals surface area (Å²) in [5.41, 5.74) is 1.58. The second-order valence-electron chi connectivity index (χ2n) is 2.31. The highest BCUT2D eigenvalue weighted by molar-refractivity contribution is 7.98. The lowest BCUT2D eigenvalue weighted by molar-refractivity contribution is 0.601. The number of hydrogen-bond acceptors (Lipinski definition) is 3. The van der Waals surface area contributed by atoms with E-state index in [1.165, 1.54) is 6.39 Å². The van der Waals surface area contributed by atoms with Gasteiger partial charge in [0.2, 0.25) is 0 Å². The Hall–Kier alpha value is -0.670. The first-order valence-corrected chi connectivity index (χ1v) is 4.98. The van der Waals surface area contributed by atoms with Crippen LogP contribution in [0.15, 0.2) is 27.8 Å². The fourth-order valence-corrected chi connectivity index (χ4v) is 1.88. The summed E-state index contributed by atoms with van der Waals surface area (Å²) in [6.07, 6.45) is 3.40. The molecule has 2 rings (SSSR count). The molecule has 0 aliphatic heterocycles. The molecule has 0 spiro atoms. The first kappa shape index (κ1) is 7.95. The number of aromatic nitrogens is 1. The molecule has 4 heteroatoms. The molecule has 0 aliphatic rings. The first-order chi connectivity index (χ1) is 5.81. The van der Waals surface area contributed by atoms with Crippen LogP contribution in [-0.4, -0.2) is 11.2 Å². The van der Waals surface area contributed by atoms with E-state index in [-0.39, 0.29) is 0 Å². The second-order valence-corrected chi connectivity index (χ2v) is 3.56. The number of benzene rings is 1.